The number of hydroxylamine groups is 1. The number of methoxy groups -OCH3 is 1. The summed E-state index contributed by atoms with van der Waals surface area (Å²) >= 11 is 0. The molecule has 3 unspecified atom stereocenters. The number of H-pyrrole nitrogens is 1. The maximum Gasteiger partial charge on any atom is 0.247 e. The number of hydrogen-bond donors (Lipinski definition) is 2. The minimum Gasteiger partial charge on any atom is -0.493 e. The first kappa shape index (κ1) is 30.0. The van der Waals surface area contributed by atoms with Crippen molar-refractivity contribution in [3.63, 3.8) is 0 Å². The van der Waals surface area contributed by atoms with Gasteiger partial charge in [0, 0.05) is 42.5 Å². The summed E-state index contributed by atoms with van der Waals surface area (Å²) in [4.78, 5) is 23.6. The Kier molecular flexibility index (Phi) is 9.51. The van der Waals surface area contributed by atoms with Crippen LogP contribution in [0.25, 0.3) is 11.4 Å². The van der Waals surface area contributed by atoms with E-state index in [2.05, 4.69) is 51.7 Å². The first-order valence-corrected chi connectivity index (χ1v) is 14.7. The summed E-state index contributed by atoms with van der Waals surface area (Å²) in [5.41, 5.74) is 3.10. The Morgan fingerprint density at radius 2 is 1.98 bits per heavy atom. The zero-order valence-corrected chi connectivity index (χ0v) is 25.3. The third-order valence-electron chi connectivity index (χ3n) is 7.92. The van der Waals surface area contributed by atoms with E-state index in [1.54, 1.807) is 26.3 Å². The van der Waals surface area contributed by atoms with Gasteiger partial charge in [0.25, 0.3) is 0 Å². The number of nitrogens with zero attached hydrogens (tertiary/aromatic N) is 5. The van der Waals surface area contributed by atoms with Crippen LogP contribution in [0.5, 0.6) is 17.4 Å². The van der Waals surface area contributed by atoms with Crippen molar-refractivity contribution in [3.05, 3.63) is 66.4 Å². The number of amides is 1. The van der Waals surface area contributed by atoms with Crippen molar-refractivity contribution < 1.29 is 19.1 Å². The van der Waals surface area contributed by atoms with Crippen LogP contribution in [0.4, 0.5) is 11.4 Å². The van der Waals surface area contributed by atoms with Gasteiger partial charge in [0.05, 0.1) is 18.9 Å². The Balaban J connectivity index is 1.31. The van der Waals surface area contributed by atoms with Gasteiger partial charge in [0.1, 0.15) is 0 Å². The summed E-state index contributed by atoms with van der Waals surface area (Å²) in [7, 11) is 1.60. The van der Waals surface area contributed by atoms with E-state index in [1.165, 1.54) is 11.5 Å². The molecule has 43 heavy (non-hydrogen) atoms. The molecule has 2 aromatic carbocycles. The molecule has 11 heteroatoms. The molecule has 4 aromatic rings. The Labute approximate surface area is 251 Å². The third-order valence-corrected chi connectivity index (χ3v) is 7.92. The van der Waals surface area contributed by atoms with Gasteiger partial charge in [-0.1, -0.05) is 51.8 Å². The predicted molar refractivity (Wildman–Crippen MR) is 164 cm³/mol. The Hall–Kier alpha value is -4.51. The van der Waals surface area contributed by atoms with Crippen molar-refractivity contribution >= 4 is 17.3 Å². The van der Waals surface area contributed by atoms with Crippen LogP contribution in [-0.2, 0) is 16.2 Å². The average molecular weight is 586 g/mol. The van der Waals surface area contributed by atoms with Gasteiger partial charge in [0.2, 0.25) is 17.6 Å². The van der Waals surface area contributed by atoms with Crippen LogP contribution in [-0.4, -0.2) is 44.7 Å². The molecule has 5 rings (SSSR count). The number of aromatic nitrogens is 5. The normalized spacial score (nSPS) is 18.3. The number of rotatable bonds is 11. The second-order valence-electron chi connectivity index (χ2n) is 11.3. The van der Waals surface area contributed by atoms with Gasteiger partial charge < -0.3 is 14.8 Å². The van der Waals surface area contributed by atoms with Crippen LogP contribution in [0.1, 0.15) is 52.5 Å². The van der Waals surface area contributed by atoms with Crippen LogP contribution in [0.15, 0.2) is 60.8 Å². The third kappa shape index (κ3) is 7.11. The lowest BCUT2D eigenvalue weighted by Gasteiger charge is -2.40. The fraction of sp³-hybridized carbons (Fsp3) is 0.406. The lowest BCUT2D eigenvalue weighted by Crippen LogP contribution is -2.43. The molecule has 11 nitrogen and oxygen atoms in total. The molecule has 1 aliphatic rings. The molecule has 1 fully saturated rings. The molecule has 3 atom stereocenters. The van der Waals surface area contributed by atoms with Gasteiger partial charge in [-0.25, -0.2) is 4.98 Å². The number of carbonyl (C=O) groups excluding carboxylic acids is 1. The first-order valence-electron chi connectivity index (χ1n) is 14.7. The number of anilines is 2. The van der Waals surface area contributed by atoms with Crippen molar-refractivity contribution in [1.82, 2.24) is 25.6 Å². The highest BCUT2D eigenvalue weighted by molar-refractivity contribution is 5.90. The van der Waals surface area contributed by atoms with Gasteiger partial charge in [0.15, 0.2) is 11.5 Å². The van der Waals surface area contributed by atoms with Gasteiger partial charge in [-0.3, -0.25) is 9.63 Å². The SMILES string of the molecule is COc1cccc(CNc2cccc(N(OC3CCCC(C)C3C(C)C)C(C)=O)c2)c1Oc1ccc(-c2nn[nH]n2)cn1. The van der Waals surface area contributed by atoms with Gasteiger partial charge in [-0.05, 0) is 59.7 Å². The monoisotopic (exact) mass is 585 g/mol. The largest absolute Gasteiger partial charge is 0.493 e. The zero-order valence-electron chi connectivity index (χ0n) is 25.3. The lowest BCUT2D eigenvalue weighted by molar-refractivity contribution is -0.131. The highest BCUT2D eigenvalue weighted by Crippen LogP contribution is 2.38. The molecular weight excluding hydrogens is 546 g/mol. The minimum atomic E-state index is -0.154. The molecule has 0 radical (unpaired) electrons. The summed E-state index contributed by atoms with van der Waals surface area (Å²) in [6.07, 6.45) is 4.86. The number of carbonyl (C=O) groups is 1. The van der Waals surface area contributed by atoms with E-state index in [0.717, 1.165) is 24.1 Å². The highest BCUT2D eigenvalue weighted by atomic mass is 16.7. The van der Waals surface area contributed by atoms with E-state index in [9.17, 15) is 4.79 Å². The molecular formula is C32H39N7O4. The molecule has 1 aliphatic carbocycles. The summed E-state index contributed by atoms with van der Waals surface area (Å²) < 4.78 is 11.8. The van der Waals surface area contributed by atoms with Crippen molar-refractivity contribution in [2.24, 2.45) is 17.8 Å². The number of nitrogens with one attached hydrogen (secondary N) is 2. The lowest BCUT2D eigenvalue weighted by atomic mass is 9.72. The second-order valence-corrected chi connectivity index (χ2v) is 11.3. The van der Waals surface area contributed by atoms with Crippen LogP contribution < -0.4 is 19.9 Å². The average Bonchev–Trinajstić information content (AvgIpc) is 3.55. The molecule has 1 amide bonds. The van der Waals surface area contributed by atoms with Crippen molar-refractivity contribution in [2.45, 2.75) is 59.6 Å². The molecule has 0 aliphatic heterocycles. The zero-order chi connectivity index (χ0) is 30.3. The second kappa shape index (κ2) is 13.6. The molecule has 0 bridgehead atoms. The van der Waals surface area contributed by atoms with Crippen molar-refractivity contribution in [2.75, 3.05) is 17.5 Å². The number of aromatic amines is 1. The summed E-state index contributed by atoms with van der Waals surface area (Å²) in [5.74, 6) is 3.24. The fourth-order valence-electron chi connectivity index (χ4n) is 5.93. The van der Waals surface area contributed by atoms with Gasteiger partial charge in [-0.2, -0.15) is 10.3 Å². The number of ether oxygens (including phenoxy) is 2. The number of tetrazole rings is 1. The first-order chi connectivity index (χ1) is 20.8. The number of hydrogen-bond acceptors (Lipinski definition) is 9. The van der Waals surface area contributed by atoms with Gasteiger partial charge >= 0.3 is 0 Å². The summed E-state index contributed by atoms with van der Waals surface area (Å²) in [5, 5.41) is 18.9. The maximum atomic E-state index is 12.8. The van der Waals surface area contributed by atoms with E-state index < -0.39 is 0 Å². The van der Waals surface area contributed by atoms with Crippen LogP contribution >= 0.6 is 0 Å². The Morgan fingerprint density at radius 1 is 1.14 bits per heavy atom. The molecule has 2 heterocycles. The smallest absolute Gasteiger partial charge is 0.247 e. The van der Waals surface area contributed by atoms with Gasteiger partial charge in [-0.15, -0.1) is 10.2 Å². The molecule has 0 spiro atoms. The van der Waals surface area contributed by atoms with Crippen LogP contribution in [0, 0.1) is 17.8 Å². The van der Waals surface area contributed by atoms with E-state index >= 15 is 0 Å². The molecule has 0 saturated heterocycles. The fourth-order valence-corrected chi connectivity index (χ4v) is 5.93. The van der Waals surface area contributed by atoms with E-state index in [4.69, 9.17) is 14.3 Å². The molecule has 1 saturated carbocycles. The quantitative estimate of drug-likeness (QED) is 0.192. The van der Waals surface area contributed by atoms with Crippen molar-refractivity contribution in [1.29, 1.82) is 0 Å². The summed E-state index contributed by atoms with van der Waals surface area (Å²) in [6, 6.07) is 17.0. The molecule has 226 valence electrons. The standard InChI is InChI=1S/C32H39N7O4/c1-20(2)30-21(3)9-6-13-27(30)43-39(22(4)40)26-12-8-11-25(17-26)33-18-23-10-7-14-28(41-5)31(23)42-29-16-15-24(19-34-29)32-35-37-38-36-32/h7-8,10-12,14-17,19-21,27,30,33H,6,9,13,18H2,1-5H3,(H,35,36,37,38). The number of para-hydroxylation sites is 1. The maximum absolute atomic E-state index is 12.8. The molecule has 2 aromatic heterocycles. The topological polar surface area (TPSA) is 127 Å². The van der Waals surface area contributed by atoms with Crippen molar-refractivity contribution in [3.8, 4) is 28.8 Å². The molecule has 2 N–H and O–H groups in total. The van der Waals surface area contributed by atoms with E-state index in [1.807, 2.05) is 48.5 Å². The summed E-state index contributed by atoms with van der Waals surface area (Å²) in [6.45, 7) is 8.75. The Bertz CT molecular complexity index is 1490. The minimum absolute atomic E-state index is 0.00403. The van der Waals surface area contributed by atoms with Crippen LogP contribution in [0.2, 0.25) is 0 Å². The highest BCUT2D eigenvalue weighted by Gasteiger charge is 2.36. The van der Waals surface area contributed by atoms with E-state index in [-0.39, 0.29) is 12.0 Å². The number of benzene rings is 2. The van der Waals surface area contributed by atoms with E-state index in [0.29, 0.717) is 58.8 Å². The number of pyridine rings is 1. The predicted octanol–water partition coefficient (Wildman–Crippen LogP) is 6.42. The Morgan fingerprint density at radius 3 is 2.67 bits per heavy atom. The van der Waals surface area contributed by atoms with Crippen LogP contribution in [0.3, 0.4) is 0 Å².